The number of hydrogen-bond acceptors (Lipinski definition) is 3. The molecule has 5 heteroatoms. The Kier molecular flexibility index (Phi) is 9.18. The third-order valence-corrected chi connectivity index (χ3v) is 3.90. The first-order valence-corrected chi connectivity index (χ1v) is 7.01. The quantitative estimate of drug-likeness (QED) is 0.768. The highest BCUT2D eigenvalue weighted by Gasteiger charge is 2.15. The van der Waals surface area contributed by atoms with Gasteiger partial charge >= 0.3 is 0 Å². The monoisotopic (exact) mass is 266 g/mol. The Morgan fingerprint density at radius 2 is 2.38 bits per heavy atom. The molecule has 0 saturated carbocycles. The molecule has 3 nitrogen and oxygen atoms in total. The second-order valence-corrected chi connectivity index (χ2v) is 5.52. The van der Waals surface area contributed by atoms with Gasteiger partial charge in [0, 0.05) is 18.2 Å². The molecule has 1 saturated heterocycles. The lowest BCUT2D eigenvalue weighted by atomic mass is 10.0. The summed E-state index contributed by atoms with van der Waals surface area (Å²) in [5, 5.41) is 6.81. The number of thioether (sulfide) groups is 1. The van der Waals surface area contributed by atoms with Crippen molar-refractivity contribution in [1.82, 2.24) is 10.6 Å². The van der Waals surface area contributed by atoms with E-state index in [1.807, 2.05) is 0 Å². The summed E-state index contributed by atoms with van der Waals surface area (Å²) in [5.41, 5.74) is 0. The first-order chi connectivity index (χ1) is 7.22. The Bertz CT molecular complexity index is 198. The highest BCUT2D eigenvalue weighted by Crippen LogP contribution is 2.14. The maximum Gasteiger partial charge on any atom is 0.220 e. The van der Waals surface area contributed by atoms with Gasteiger partial charge in [-0.25, -0.2) is 0 Å². The molecule has 2 atom stereocenters. The second kappa shape index (κ2) is 9.14. The predicted octanol–water partition coefficient (Wildman–Crippen LogP) is 1.67. The maximum absolute atomic E-state index is 11.5. The fourth-order valence-electron chi connectivity index (χ4n) is 1.73. The van der Waals surface area contributed by atoms with Crippen LogP contribution in [0.15, 0.2) is 0 Å². The summed E-state index contributed by atoms with van der Waals surface area (Å²) < 4.78 is 0. The molecule has 1 fully saturated rings. The topological polar surface area (TPSA) is 41.1 Å². The van der Waals surface area contributed by atoms with Crippen LogP contribution in [0.5, 0.6) is 0 Å². The third-order valence-electron chi connectivity index (χ3n) is 2.93. The summed E-state index contributed by atoms with van der Waals surface area (Å²) in [6.45, 7) is 5.14. The Labute approximate surface area is 109 Å². The molecule has 1 amide bonds. The molecule has 1 aliphatic heterocycles. The van der Waals surface area contributed by atoms with Gasteiger partial charge in [-0.3, -0.25) is 4.79 Å². The molecular weight excluding hydrogens is 244 g/mol. The van der Waals surface area contributed by atoms with E-state index in [1.54, 1.807) is 11.8 Å². The van der Waals surface area contributed by atoms with Crippen LogP contribution >= 0.6 is 24.2 Å². The van der Waals surface area contributed by atoms with Gasteiger partial charge in [0.2, 0.25) is 5.91 Å². The number of carbonyl (C=O) groups is 1. The van der Waals surface area contributed by atoms with Gasteiger partial charge in [-0.05, 0) is 38.1 Å². The fraction of sp³-hybridized carbons (Fsp3) is 0.909. The first-order valence-electron chi connectivity index (χ1n) is 5.72. The van der Waals surface area contributed by atoms with Gasteiger partial charge in [0.05, 0.1) is 0 Å². The highest BCUT2D eigenvalue weighted by atomic mass is 35.5. The summed E-state index contributed by atoms with van der Waals surface area (Å²) in [5.74, 6) is 0.927. The van der Waals surface area contributed by atoms with E-state index in [0.717, 1.165) is 26.1 Å². The minimum Gasteiger partial charge on any atom is -0.355 e. The Morgan fingerprint density at radius 3 is 2.94 bits per heavy atom. The van der Waals surface area contributed by atoms with Crippen molar-refractivity contribution < 1.29 is 4.79 Å². The molecular formula is C11H23ClN2OS. The molecule has 0 aromatic rings. The number of nitrogens with one attached hydrogen (secondary N) is 2. The van der Waals surface area contributed by atoms with E-state index >= 15 is 0 Å². The normalized spacial score (nSPS) is 21.2. The SMILES string of the molecule is CSC(C)CNC(=O)CCC1CCNC1.Cl. The predicted molar refractivity (Wildman–Crippen MR) is 73.4 cm³/mol. The molecule has 1 aliphatic rings. The lowest BCUT2D eigenvalue weighted by Gasteiger charge is -2.11. The molecule has 1 heterocycles. The number of halogens is 1. The van der Waals surface area contributed by atoms with Gasteiger partial charge in [0.15, 0.2) is 0 Å². The van der Waals surface area contributed by atoms with Crippen molar-refractivity contribution in [3.8, 4) is 0 Å². The molecule has 0 aliphatic carbocycles. The lowest BCUT2D eigenvalue weighted by Crippen LogP contribution is -2.29. The van der Waals surface area contributed by atoms with E-state index in [2.05, 4.69) is 23.8 Å². The molecule has 0 radical (unpaired) electrons. The van der Waals surface area contributed by atoms with Crippen LogP contribution in [0.4, 0.5) is 0 Å². The smallest absolute Gasteiger partial charge is 0.220 e. The van der Waals surface area contributed by atoms with Crippen LogP contribution in [0.3, 0.4) is 0 Å². The van der Waals surface area contributed by atoms with Crippen LogP contribution in [0, 0.1) is 5.92 Å². The van der Waals surface area contributed by atoms with E-state index in [0.29, 0.717) is 17.6 Å². The minimum absolute atomic E-state index is 0. The maximum atomic E-state index is 11.5. The molecule has 16 heavy (non-hydrogen) atoms. The zero-order valence-corrected chi connectivity index (χ0v) is 11.8. The molecule has 0 spiro atoms. The summed E-state index contributed by atoms with van der Waals surface area (Å²) in [4.78, 5) is 11.5. The minimum atomic E-state index is 0. The van der Waals surface area contributed by atoms with Crippen molar-refractivity contribution in [3.63, 3.8) is 0 Å². The van der Waals surface area contributed by atoms with Crippen LogP contribution in [0.2, 0.25) is 0 Å². The summed E-state index contributed by atoms with van der Waals surface area (Å²) in [6, 6.07) is 0. The Balaban J connectivity index is 0.00000225. The number of carbonyl (C=O) groups excluding carboxylic acids is 1. The average molecular weight is 267 g/mol. The van der Waals surface area contributed by atoms with Crippen LogP contribution in [0.1, 0.15) is 26.2 Å². The molecule has 0 bridgehead atoms. The van der Waals surface area contributed by atoms with Crippen molar-refractivity contribution in [1.29, 1.82) is 0 Å². The van der Waals surface area contributed by atoms with Gasteiger partial charge in [-0.2, -0.15) is 11.8 Å². The summed E-state index contributed by atoms with van der Waals surface area (Å²) in [6.07, 6.45) is 5.02. The van der Waals surface area contributed by atoms with E-state index in [9.17, 15) is 4.79 Å². The molecule has 0 aromatic carbocycles. The van der Waals surface area contributed by atoms with Gasteiger partial charge in [0.1, 0.15) is 0 Å². The first kappa shape index (κ1) is 16.1. The fourth-order valence-corrected chi connectivity index (χ4v) is 1.98. The Morgan fingerprint density at radius 1 is 1.62 bits per heavy atom. The molecule has 96 valence electrons. The van der Waals surface area contributed by atoms with Gasteiger partial charge in [-0.1, -0.05) is 6.92 Å². The van der Waals surface area contributed by atoms with E-state index in [4.69, 9.17) is 0 Å². The van der Waals surface area contributed by atoms with Crippen LogP contribution in [0.25, 0.3) is 0 Å². The van der Waals surface area contributed by atoms with Crippen LogP contribution < -0.4 is 10.6 Å². The zero-order chi connectivity index (χ0) is 11.1. The number of hydrogen-bond donors (Lipinski definition) is 2. The second-order valence-electron chi connectivity index (χ2n) is 4.25. The molecule has 2 N–H and O–H groups in total. The van der Waals surface area contributed by atoms with Gasteiger partial charge in [0.25, 0.3) is 0 Å². The van der Waals surface area contributed by atoms with E-state index < -0.39 is 0 Å². The molecule has 2 unspecified atom stereocenters. The van der Waals surface area contributed by atoms with Crippen molar-refractivity contribution in [3.05, 3.63) is 0 Å². The zero-order valence-electron chi connectivity index (χ0n) is 10.1. The van der Waals surface area contributed by atoms with Gasteiger partial charge < -0.3 is 10.6 Å². The van der Waals surface area contributed by atoms with Crippen molar-refractivity contribution in [2.45, 2.75) is 31.4 Å². The van der Waals surface area contributed by atoms with Crippen molar-refractivity contribution in [2.24, 2.45) is 5.92 Å². The summed E-state index contributed by atoms with van der Waals surface area (Å²) in [7, 11) is 0. The summed E-state index contributed by atoms with van der Waals surface area (Å²) >= 11 is 1.79. The largest absolute Gasteiger partial charge is 0.355 e. The standard InChI is InChI=1S/C11H22N2OS.ClH/c1-9(15-2)7-13-11(14)4-3-10-5-6-12-8-10;/h9-10,12H,3-8H2,1-2H3,(H,13,14);1H. The number of rotatable bonds is 6. The van der Waals surface area contributed by atoms with E-state index in [1.165, 1.54) is 6.42 Å². The average Bonchev–Trinajstić information content (AvgIpc) is 2.75. The third kappa shape index (κ3) is 6.61. The Hall–Kier alpha value is 0.0700. The van der Waals surface area contributed by atoms with E-state index in [-0.39, 0.29) is 18.3 Å². The lowest BCUT2D eigenvalue weighted by molar-refractivity contribution is -0.121. The van der Waals surface area contributed by atoms with Crippen LogP contribution in [-0.2, 0) is 4.79 Å². The van der Waals surface area contributed by atoms with Crippen molar-refractivity contribution >= 4 is 30.1 Å². The van der Waals surface area contributed by atoms with Crippen LogP contribution in [-0.4, -0.2) is 37.0 Å². The number of amides is 1. The molecule has 1 rings (SSSR count). The molecule has 0 aromatic heterocycles. The van der Waals surface area contributed by atoms with Gasteiger partial charge in [-0.15, -0.1) is 12.4 Å². The van der Waals surface area contributed by atoms with Crippen molar-refractivity contribution in [2.75, 3.05) is 25.9 Å². The highest BCUT2D eigenvalue weighted by molar-refractivity contribution is 7.99.